The molecule has 4 bridgehead atoms. The minimum atomic E-state index is -0.798. The number of ether oxygens (including phenoxy) is 1. The van der Waals surface area contributed by atoms with Gasteiger partial charge in [-0.15, -0.1) is 0 Å². The Morgan fingerprint density at radius 1 is 1.22 bits per heavy atom. The smallest absolute Gasteiger partial charge is 0.407 e. The van der Waals surface area contributed by atoms with Crippen LogP contribution in [-0.2, 0) is 5.41 Å². The summed E-state index contributed by atoms with van der Waals surface area (Å²) in [4.78, 5) is 13.7. The summed E-state index contributed by atoms with van der Waals surface area (Å²) in [6, 6.07) is 8.71. The van der Waals surface area contributed by atoms with Crippen molar-refractivity contribution in [3.8, 4) is 5.75 Å². The number of rotatable bonds is 6. The average molecular weight is 370 g/mol. The molecular weight excluding hydrogens is 340 g/mol. The Morgan fingerprint density at radius 2 is 1.89 bits per heavy atom. The first-order valence-electron chi connectivity index (χ1n) is 10.1. The maximum absolute atomic E-state index is 12.0. The van der Waals surface area contributed by atoms with Crippen LogP contribution in [-0.4, -0.2) is 42.3 Å². The highest BCUT2D eigenvalue weighted by Crippen LogP contribution is 2.61. The molecule has 1 amide bonds. The highest BCUT2D eigenvalue weighted by Gasteiger charge is 2.57. The summed E-state index contributed by atoms with van der Waals surface area (Å²) in [6.45, 7) is 0.901. The number of amides is 1. The second kappa shape index (κ2) is 7.19. The molecule has 5 nitrogen and oxygen atoms in total. The highest BCUT2D eigenvalue weighted by molar-refractivity contribution is 5.66. The molecule has 146 valence electrons. The Kier molecular flexibility index (Phi) is 4.89. The van der Waals surface area contributed by atoms with Gasteiger partial charge in [-0.05, 0) is 73.0 Å². The first-order chi connectivity index (χ1) is 13.1. The molecule has 0 saturated heterocycles. The normalized spacial score (nSPS) is 34.1. The number of hydrogen-bond acceptors (Lipinski definition) is 3. The molecule has 0 radical (unpaired) electrons. The fourth-order valence-corrected chi connectivity index (χ4v) is 6.42. The zero-order valence-electron chi connectivity index (χ0n) is 16.0. The maximum Gasteiger partial charge on any atom is 0.407 e. The standard InChI is InChI=1S/C22H30N2O3/c1-27-19-6-4-18(5-7-19)22-12-15-10-16(13-22)20(17(11-15)14-22)24(21(25)26)9-3-2-8-23/h2-7,15-17,20H,8-14,23H2,1H3,(H,25,26)/b3-2+/t15-,16-,17+,20+,22-. The van der Waals surface area contributed by atoms with E-state index in [1.54, 1.807) is 12.0 Å². The minimum Gasteiger partial charge on any atom is -0.497 e. The Morgan fingerprint density at radius 3 is 2.44 bits per heavy atom. The van der Waals surface area contributed by atoms with Crippen LogP contribution >= 0.6 is 0 Å². The lowest BCUT2D eigenvalue weighted by Crippen LogP contribution is -2.61. The van der Waals surface area contributed by atoms with E-state index in [9.17, 15) is 9.90 Å². The van der Waals surface area contributed by atoms with Crippen molar-refractivity contribution >= 4 is 6.09 Å². The Bertz CT molecular complexity index is 699. The number of nitrogens with zero attached hydrogens (tertiary/aromatic N) is 1. The van der Waals surface area contributed by atoms with Gasteiger partial charge in [0.1, 0.15) is 5.75 Å². The molecule has 0 heterocycles. The molecular formula is C22H30N2O3. The molecule has 5 atom stereocenters. The van der Waals surface area contributed by atoms with Gasteiger partial charge in [-0.25, -0.2) is 4.79 Å². The van der Waals surface area contributed by atoms with Crippen molar-refractivity contribution in [2.45, 2.75) is 43.6 Å². The molecule has 5 heteroatoms. The molecule has 1 aromatic rings. The topological polar surface area (TPSA) is 75.8 Å². The minimum absolute atomic E-state index is 0.146. The maximum atomic E-state index is 12.0. The van der Waals surface area contributed by atoms with Gasteiger partial charge in [-0.2, -0.15) is 0 Å². The molecule has 0 aliphatic heterocycles. The quantitative estimate of drug-likeness (QED) is 0.750. The van der Waals surface area contributed by atoms with Gasteiger partial charge in [0.05, 0.1) is 7.11 Å². The van der Waals surface area contributed by atoms with Crippen molar-refractivity contribution < 1.29 is 14.6 Å². The van der Waals surface area contributed by atoms with Crippen molar-refractivity contribution in [1.29, 1.82) is 0 Å². The van der Waals surface area contributed by atoms with Crippen LogP contribution in [0.15, 0.2) is 36.4 Å². The van der Waals surface area contributed by atoms with Crippen LogP contribution in [0.4, 0.5) is 4.79 Å². The highest BCUT2D eigenvalue weighted by atomic mass is 16.5. The monoisotopic (exact) mass is 370 g/mol. The molecule has 4 fully saturated rings. The summed E-state index contributed by atoms with van der Waals surface area (Å²) in [7, 11) is 1.70. The summed E-state index contributed by atoms with van der Waals surface area (Å²) in [6.07, 6.45) is 8.74. The molecule has 5 rings (SSSR count). The second-order valence-electron chi connectivity index (χ2n) is 8.61. The number of carbonyl (C=O) groups is 1. The Hall–Kier alpha value is -2.01. The zero-order valence-corrected chi connectivity index (χ0v) is 16.0. The van der Waals surface area contributed by atoms with Gasteiger partial charge in [0.15, 0.2) is 0 Å². The third-order valence-electron chi connectivity index (χ3n) is 7.14. The molecule has 4 saturated carbocycles. The summed E-state index contributed by atoms with van der Waals surface area (Å²) in [5, 5.41) is 9.84. The molecule has 4 aliphatic carbocycles. The molecule has 0 aromatic heterocycles. The fraction of sp³-hybridized carbons (Fsp3) is 0.591. The SMILES string of the molecule is COc1ccc([C@]23C[C@@H]4C[C@H](C2)[C@H](N(C/C=C/CN)C(=O)O)[C@@H](C4)C3)cc1. The van der Waals surface area contributed by atoms with Crippen LogP contribution in [0, 0.1) is 17.8 Å². The van der Waals surface area contributed by atoms with Gasteiger partial charge in [0, 0.05) is 19.1 Å². The van der Waals surface area contributed by atoms with Crippen molar-refractivity contribution in [1.82, 2.24) is 4.90 Å². The summed E-state index contributed by atoms with van der Waals surface area (Å²) >= 11 is 0. The van der Waals surface area contributed by atoms with Crippen molar-refractivity contribution in [2.75, 3.05) is 20.2 Å². The van der Waals surface area contributed by atoms with E-state index in [-0.39, 0.29) is 11.5 Å². The van der Waals surface area contributed by atoms with Gasteiger partial charge < -0.3 is 20.5 Å². The molecule has 0 spiro atoms. The van der Waals surface area contributed by atoms with Crippen LogP contribution in [0.1, 0.15) is 37.7 Å². The molecule has 4 aliphatic rings. The van der Waals surface area contributed by atoms with Crippen LogP contribution in [0.5, 0.6) is 5.75 Å². The predicted octanol–water partition coefficient (Wildman–Crippen LogP) is 3.64. The van der Waals surface area contributed by atoms with Crippen LogP contribution in [0.25, 0.3) is 0 Å². The number of nitrogens with two attached hydrogens (primary N) is 1. The van der Waals surface area contributed by atoms with E-state index in [0.29, 0.717) is 24.9 Å². The van der Waals surface area contributed by atoms with Gasteiger partial charge in [0.25, 0.3) is 0 Å². The summed E-state index contributed by atoms with van der Waals surface area (Å²) in [5.41, 5.74) is 7.15. The number of carboxylic acid groups (broad SMARTS) is 1. The van der Waals surface area contributed by atoms with E-state index in [2.05, 4.69) is 24.3 Å². The van der Waals surface area contributed by atoms with Gasteiger partial charge in [-0.1, -0.05) is 24.3 Å². The molecule has 1 aromatic carbocycles. The second-order valence-corrected chi connectivity index (χ2v) is 8.61. The van der Waals surface area contributed by atoms with Crippen molar-refractivity contribution in [2.24, 2.45) is 23.5 Å². The number of methoxy groups -OCH3 is 1. The fourth-order valence-electron chi connectivity index (χ4n) is 6.42. The van der Waals surface area contributed by atoms with E-state index >= 15 is 0 Å². The summed E-state index contributed by atoms with van der Waals surface area (Å²) in [5.74, 6) is 2.54. The Labute approximate surface area is 161 Å². The largest absolute Gasteiger partial charge is 0.497 e. The van der Waals surface area contributed by atoms with Crippen LogP contribution in [0.3, 0.4) is 0 Å². The van der Waals surface area contributed by atoms with Crippen molar-refractivity contribution in [3.63, 3.8) is 0 Å². The first kappa shape index (κ1) is 18.4. The van der Waals surface area contributed by atoms with Crippen LogP contribution < -0.4 is 10.5 Å². The van der Waals surface area contributed by atoms with E-state index in [0.717, 1.165) is 24.5 Å². The third-order valence-corrected chi connectivity index (χ3v) is 7.14. The van der Waals surface area contributed by atoms with Gasteiger partial charge in [-0.3, -0.25) is 0 Å². The molecule has 3 N–H and O–H groups in total. The molecule has 0 unspecified atom stereocenters. The lowest BCUT2D eigenvalue weighted by molar-refractivity contribution is -0.0704. The number of hydrogen-bond donors (Lipinski definition) is 2. The average Bonchev–Trinajstić information content (AvgIpc) is 2.66. The van der Waals surface area contributed by atoms with E-state index in [1.165, 1.54) is 24.8 Å². The Balaban J connectivity index is 1.59. The van der Waals surface area contributed by atoms with Gasteiger partial charge in [0.2, 0.25) is 0 Å². The molecule has 27 heavy (non-hydrogen) atoms. The lowest BCUT2D eigenvalue weighted by Gasteiger charge is -2.61. The predicted molar refractivity (Wildman–Crippen MR) is 105 cm³/mol. The van der Waals surface area contributed by atoms with Crippen molar-refractivity contribution in [3.05, 3.63) is 42.0 Å². The van der Waals surface area contributed by atoms with Crippen LogP contribution in [0.2, 0.25) is 0 Å². The van der Waals surface area contributed by atoms with E-state index in [4.69, 9.17) is 10.5 Å². The van der Waals surface area contributed by atoms with Gasteiger partial charge >= 0.3 is 6.09 Å². The zero-order chi connectivity index (χ0) is 19.0. The lowest BCUT2D eigenvalue weighted by atomic mass is 9.46. The summed E-state index contributed by atoms with van der Waals surface area (Å²) < 4.78 is 5.32. The number of benzene rings is 1. The van der Waals surface area contributed by atoms with E-state index in [1.807, 2.05) is 12.2 Å². The first-order valence-corrected chi connectivity index (χ1v) is 10.1. The van der Waals surface area contributed by atoms with E-state index < -0.39 is 6.09 Å². The third kappa shape index (κ3) is 3.22.